The molecular weight excluding hydrogens is 512 g/mol. The predicted octanol–water partition coefficient (Wildman–Crippen LogP) is 6.40. The zero-order valence-electron chi connectivity index (χ0n) is 22.1. The van der Waals surface area contributed by atoms with Crippen LogP contribution in [0.4, 0.5) is 0 Å². The minimum atomic E-state index is -0.819. The van der Waals surface area contributed by atoms with E-state index in [1.807, 2.05) is 0 Å². The standard InChI is InChI=1S/C35H33NOP2/c37-35(27-39(32-21-8-3-9-22-32)34-24-12-15-28-14-10-11-23-33(28)34)36-25-13-16-29(36)26-38(30-17-4-1-5-18-30)31-19-6-2-7-20-31/h1-12,14-15,17-24,29H,13,16,25-27H2/t29-,39?/m0/s1. The van der Waals surface area contributed by atoms with Crippen LogP contribution in [0.5, 0.6) is 0 Å². The largest absolute Gasteiger partial charge is 0.339 e. The molecule has 6 rings (SSSR count). The van der Waals surface area contributed by atoms with Crippen molar-refractivity contribution in [3.05, 3.63) is 133 Å². The molecule has 39 heavy (non-hydrogen) atoms. The maximum atomic E-state index is 14.2. The Hall–Kier alpha value is -3.31. The number of fused-ring (bicyclic) bond motifs is 1. The molecule has 0 aliphatic carbocycles. The van der Waals surface area contributed by atoms with Crippen LogP contribution in [-0.2, 0) is 4.79 Å². The molecule has 4 heteroatoms. The van der Waals surface area contributed by atoms with Gasteiger partial charge in [0.25, 0.3) is 0 Å². The molecule has 0 aromatic heterocycles. The zero-order valence-corrected chi connectivity index (χ0v) is 23.9. The van der Waals surface area contributed by atoms with E-state index in [2.05, 4.69) is 138 Å². The van der Waals surface area contributed by atoms with Crippen molar-refractivity contribution in [3.8, 4) is 0 Å². The Labute approximate surface area is 234 Å². The molecule has 0 saturated carbocycles. The molecule has 0 spiro atoms. The van der Waals surface area contributed by atoms with Crippen LogP contribution in [0.15, 0.2) is 133 Å². The molecular formula is C35H33NOP2. The number of likely N-dealkylation sites (tertiary alicyclic amines) is 1. The van der Waals surface area contributed by atoms with Crippen LogP contribution in [0.1, 0.15) is 12.8 Å². The molecule has 1 amide bonds. The summed E-state index contributed by atoms with van der Waals surface area (Å²) in [5, 5.41) is 7.84. The van der Waals surface area contributed by atoms with E-state index < -0.39 is 15.8 Å². The third-order valence-corrected chi connectivity index (χ3v) is 12.8. The first-order valence-corrected chi connectivity index (χ1v) is 16.8. The van der Waals surface area contributed by atoms with Gasteiger partial charge in [-0.15, -0.1) is 0 Å². The Balaban J connectivity index is 1.29. The molecule has 5 aromatic rings. The second-order valence-corrected chi connectivity index (χ2v) is 14.5. The van der Waals surface area contributed by atoms with Crippen LogP contribution in [0.25, 0.3) is 10.8 Å². The van der Waals surface area contributed by atoms with E-state index in [0.29, 0.717) is 12.1 Å². The van der Waals surface area contributed by atoms with Crippen LogP contribution >= 0.6 is 15.8 Å². The van der Waals surface area contributed by atoms with Crippen LogP contribution in [0, 0.1) is 0 Å². The highest BCUT2D eigenvalue weighted by Crippen LogP contribution is 2.40. The van der Waals surface area contributed by atoms with Crippen molar-refractivity contribution in [2.45, 2.75) is 18.9 Å². The third-order valence-electron chi connectivity index (χ3n) is 7.65. The Kier molecular flexibility index (Phi) is 8.15. The number of nitrogens with zero attached hydrogens (tertiary/aromatic N) is 1. The third kappa shape index (κ3) is 5.84. The molecule has 2 atom stereocenters. The van der Waals surface area contributed by atoms with Gasteiger partial charge in [-0.25, -0.2) is 0 Å². The lowest BCUT2D eigenvalue weighted by Crippen LogP contribution is -2.40. The maximum absolute atomic E-state index is 14.2. The summed E-state index contributed by atoms with van der Waals surface area (Å²) in [5.41, 5.74) is 0. The molecule has 0 radical (unpaired) electrons. The summed E-state index contributed by atoms with van der Waals surface area (Å²) in [4.78, 5) is 16.4. The van der Waals surface area contributed by atoms with E-state index in [1.165, 1.54) is 32.0 Å². The first-order valence-electron chi connectivity index (χ1n) is 13.8. The predicted molar refractivity (Wildman–Crippen MR) is 170 cm³/mol. The van der Waals surface area contributed by atoms with Crippen molar-refractivity contribution < 1.29 is 4.79 Å². The monoisotopic (exact) mass is 545 g/mol. The Morgan fingerprint density at radius 2 is 1.18 bits per heavy atom. The quantitative estimate of drug-likeness (QED) is 0.207. The lowest BCUT2D eigenvalue weighted by atomic mass is 10.1. The summed E-state index contributed by atoms with van der Waals surface area (Å²) in [5.74, 6) is 0.302. The van der Waals surface area contributed by atoms with E-state index in [0.717, 1.165) is 25.5 Å². The smallest absolute Gasteiger partial charge is 0.227 e. The minimum Gasteiger partial charge on any atom is -0.339 e. The van der Waals surface area contributed by atoms with Gasteiger partial charge in [0, 0.05) is 12.6 Å². The number of carbonyl (C=O) groups is 1. The van der Waals surface area contributed by atoms with Crippen molar-refractivity contribution in [1.82, 2.24) is 4.90 Å². The van der Waals surface area contributed by atoms with Crippen LogP contribution < -0.4 is 21.2 Å². The van der Waals surface area contributed by atoms with Crippen LogP contribution in [0.2, 0.25) is 0 Å². The topological polar surface area (TPSA) is 20.3 Å². The average Bonchev–Trinajstić information content (AvgIpc) is 3.48. The van der Waals surface area contributed by atoms with Crippen molar-refractivity contribution in [2.75, 3.05) is 18.9 Å². The number of hydrogen-bond acceptors (Lipinski definition) is 1. The summed E-state index contributed by atoms with van der Waals surface area (Å²) >= 11 is 0. The highest BCUT2D eigenvalue weighted by molar-refractivity contribution is 7.74. The molecule has 5 aromatic carbocycles. The molecule has 1 heterocycles. The number of hydrogen-bond donors (Lipinski definition) is 0. The number of rotatable bonds is 8. The SMILES string of the molecule is O=C(CP(c1ccccc1)c1cccc2ccccc12)N1CCC[C@H]1CP(c1ccccc1)c1ccccc1. The average molecular weight is 546 g/mol. The maximum Gasteiger partial charge on any atom is 0.227 e. The second kappa shape index (κ2) is 12.3. The zero-order chi connectivity index (χ0) is 26.4. The summed E-state index contributed by atoms with van der Waals surface area (Å²) < 4.78 is 0. The van der Waals surface area contributed by atoms with E-state index in [9.17, 15) is 4.79 Å². The minimum absolute atomic E-state index is 0.282. The van der Waals surface area contributed by atoms with Crippen molar-refractivity contribution in [3.63, 3.8) is 0 Å². The molecule has 0 N–H and O–H groups in total. The van der Waals surface area contributed by atoms with Gasteiger partial charge >= 0.3 is 0 Å². The number of carbonyl (C=O) groups excluding carboxylic acids is 1. The van der Waals surface area contributed by atoms with Crippen molar-refractivity contribution in [1.29, 1.82) is 0 Å². The summed E-state index contributed by atoms with van der Waals surface area (Å²) in [6, 6.07) is 47.9. The first-order chi connectivity index (χ1) is 19.3. The normalized spacial score (nSPS) is 16.0. The van der Waals surface area contributed by atoms with E-state index >= 15 is 0 Å². The lowest BCUT2D eigenvalue weighted by Gasteiger charge is -2.31. The van der Waals surface area contributed by atoms with Gasteiger partial charge in [0.1, 0.15) is 0 Å². The highest BCUT2D eigenvalue weighted by atomic mass is 31.1. The Morgan fingerprint density at radius 1 is 0.641 bits per heavy atom. The fourth-order valence-electron chi connectivity index (χ4n) is 5.73. The molecule has 2 nitrogen and oxygen atoms in total. The van der Waals surface area contributed by atoms with Gasteiger partial charge in [-0.2, -0.15) is 0 Å². The summed E-state index contributed by atoms with van der Waals surface area (Å²) in [6.45, 7) is 0.865. The number of amides is 1. The van der Waals surface area contributed by atoms with E-state index in [-0.39, 0.29) is 6.04 Å². The van der Waals surface area contributed by atoms with Crippen LogP contribution in [0.3, 0.4) is 0 Å². The molecule has 1 saturated heterocycles. The second-order valence-electron chi connectivity index (χ2n) is 10.1. The van der Waals surface area contributed by atoms with Crippen molar-refractivity contribution >= 4 is 53.7 Å². The Morgan fingerprint density at radius 3 is 1.82 bits per heavy atom. The highest BCUT2D eigenvalue weighted by Gasteiger charge is 2.33. The van der Waals surface area contributed by atoms with E-state index in [4.69, 9.17) is 0 Å². The van der Waals surface area contributed by atoms with Crippen LogP contribution in [-0.4, -0.2) is 35.7 Å². The van der Waals surface area contributed by atoms with Gasteiger partial charge in [0.15, 0.2) is 0 Å². The van der Waals surface area contributed by atoms with Gasteiger partial charge in [0.2, 0.25) is 5.91 Å². The summed E-state index contributed by atoms with van der Waals surface area (Å²) in [7, 11) is -1.35. The van der Waals surface area contributed by atoms with Crippen molar-refractivity contribution in [2.24, 2.45) is 0 Å². The van der Waals surface area contributed by atoms with Gasteiger partial charge in [-0.3, -0.25) is 4.79 Å². The lowest BCUT2D eigenvalue weighted by molar-refractivity contribution is -0.128. The molecule has 1 fully saturated rings. The molecule has 0 bridgehead atoms. The summed E-state index contributed by atoms with van der Waals surface area (Å²) in [6.07, 6.45) is 3.74. The Bertz CT molecular complexity index is 1480. The van der Waals surface area contributed by atoms with Gasteiger partial charge in [0.05, 0.1) is 6.16 Å². The molecule has 1 aliphatic rings. The fraction of sp³-hybridized carbons (Fsp3) is 0.171. The van der Waals surface area contributed by atoms with Gasteiger partial charge in [-0.1, -0.05) is 133 Å². The molecule has 1 aliphatic heterocycles. The van der Waals surface area contributed by atoms with Gasteiger partial charge < -0.3 is 4.90 Å². The number of benzene rings is 5. The fourth-order valence-corrected chi connectivity index (χ4v) is 10.7. The van der Waals surface area contributed by atoms with Gasteiger partial charge in [-0.05, 0) is 66.8 Å². The molecule has 1 unspecified atom stereocenters. The molecule has 194 valence electrons. The van der Waals surface area contributed by atoms with E-state index in [1.54, 1.807) is 0 Å². The first kappa shape index (κ1) is 25.9.